The topological polar surface area (TPSA) is 102 Å². The molecule has 0 aliphatic carbocycles. The van der Waals surface area contributed by atoms with E-state index in [9.17, 15) is 18.0 Å². The van der Waals surface area contributed by atoms with Crippen molar-refractivity contribution >= 4 is 27.6 Å². The van der Waals surface area contributed by atoms with Gasteiger partial charge in [-0.2, -0.15) is 0 Å². The maximum atomic E-state index is 12.5. The average molecular weight is 376 g/mol. The molecule has 0 aliphatic heterocycles. The van der Waals surface area contributed by atoms with E-state index in [1.165, 1.54) is 37.4 Å². The van der Waals surface area contributed by atoms with Crippen molar-refractivity contribution in [2.45, 2.75) is 18.2 Å². The van der Waals surface area contributed by atoms with Crippen molar-refractivity contribution in [2.24, 2.45) is 0 Å². The summed E-state index contributed by atoms with van der Waals surface area (Å²) in [5, 5.41) is 2.61. The summed E-state index contributed by atoms with van der Waals surface area (Å²) >= 11 is 0. The van der Waals surface area contributed by atoms with Crippen LogP contribution in [0.2, 0.25) is 0 Å². The van der Waals surface area contributed by atoms with Crippen LogP contribution in [0.25, 0.3) is 0 Å². The first-order chi connectivity index (χ1) is 12.4. The molecule has 2 rings (SSSR count). The van der Waals surface area contributed by atoms with Crippen LogP contribution in [0.3, 0.4) is 0 Å². The molecule has 0 spiro atoms. The Balaban J connectivity index is 2.27. The van der Waals surface area contributed by atoms with Crippen LogP contribution in [0.15, 0.2) is 53.4 Å². The monoisotopic (exact) mass is 376 g/mol. The minimum atomic E-state index is -3.68. The Hall–Kier alpha value is -2.71. The number of carbonyl (C=O) groups is 2. The van der Waals surface area contributed by atoms with Gasteiger partial charge >= 0.3 is 5.97 Å². The van der Waals surface area contributed by atoms with Gasteiger partial charge in [0.05, 0.1) is 23.3 Å². The fraction of sp³-hybridized carbons (Fsp3) is 0.222. The number of para-hydroxylation sites is 1. The first-order valence-electron chi connectivity index (χ1n) is 7.97. The summed E-state index contributed by atoms with van der Waals surface area (Å²) in [6.07, 6.45) is 0.656. The number of methoxy groups -OCH3 is 1. The van der Waals surface area contributed by atoms with Crippen LogP contribution >= 0.6 is 0 Å². The summed E-state index contributed by atoms with van der Waals surface area (Å²) in [4.78, 5) is 24.3. The van der Waals surface area contributed by atoms with Gasteiger partial charge in [-0.3, -0.25) is 4.79 Å². The number of amides is 1. The summed E-state index contributed by atoms with van der Waals surface area (Å²) in [6.45, 7) is 2.16. The lowest BCUT2D eigenvalue weighted by Crippen LogP contribution is -2.25. The van der Waals surface area contributed by atoms with E-state index < -0.39 is 21.9 Å². The molecule has 26 heavy (non-hydrogen) atoms. The molecule has 0 fully saturated rings. The van der Waals surface area contributed by atoms with Crippen LogP contribution in [-0.2, 0) is 14.8 Å². The van der Waals surface area contributed by atoms with Gasteiger partial charge in [0, 0.05) is 12.1 Å². The van der Waals surface area contributed by atoms with Crippen molar-refractivity contribution in [2.75, 3.05) is 19.0 Å². The zero-order valence-electron chi connectivity index (χ0n) is 14.5. The van der Waals surface area contributed by atoms with Gasteiger partial charge in [0.15, 0.2) is 0 Å². The van der Waals surface area contributed by atoms with Crippen LogP contribution in [0.5, 0.6) is 0 Å². The van der Waals surface area contributed by atoms with Crippen LogP contribution in [0.4, 0.5) is 5.69 Å². The normalized spacial score (nSPS) is 11.0. The van der Waals surface area contributed by atoms with Crippen molar-refractivity contribution < 1.29 is 22.7 Å². The van der Waals surface area contributed by atoms with E-state index >= 15 is 0 Å². The predicted octanol–water partition coefficient (Wildman–Crippen LogP) is 2.41. The highest BCUT2D eigenvalue weighted by molar-refractivity contribution is 7.89. The number of esters is 1. The van der Waals surface area contributed by atoms with Crippen molar-refractivity contribution in [1.82, 2.24) is 4.72 Å². The quantitative estimate of drug-likeness (QED) is 0.723. The van der Waals surface area contributed by atoms with Crippen molar-refractivity contribution in [1.29, 1.82) is 0 Å². The molecule has 2 N–H and O–H groups in total. The highest BCUT2D eigenvalue weighted by Gasteiger charge is 2.17. The number of ether oxygens (including phenoxy) is 1. The molecular formula is C18H20N2O5S. The Kier molecular flexibility index (Phi) is 6.48. The molecule has 0 saturated carbocycles. The Morgan fingerprint density at radius 3 is 2.50 bits per heavy atom. The largest absolute Gasteiger partial charge is 0.465 e. The van der Waals surface area contributed by atoms with Gasteiger partial charge < -0.3 is 10.1 Å². The van der Waals surface area contributed by atoms with Gasteiger partial charge in [0.1, 0.15) is 0 Å². The molecule has 0 atom stereocenters. The summed E-state index contributed by atoms with van der Waals surface area (Å²) in [6, 6.07) is 12.1. The smallest absolute Gasteiger partial charge is 0.339 e. The number of anilines is 1. The van der Waals surface area contributed by atoms with Crippen LogP contribution in [0.1, 0.15) is 34.1 Å². The third-order valence-electron chi connectivity index (χ3n) is 3.53. The summed E-state index contributed by atoms with van der Waals surface area (Å²) in [5.74, 6) is -1.12. The summed E-state index contributed by atoms with van der Waals surface area (Å²) < 4.78 is 31.5. The van der Waals surface area contributed by atoms with Gasteiger partial charge in [-0.05, 0) is 36.8 Å². The number of hydrogen-bond donors (Lipinski definition) is 2. The first-order valence-corrected chi connectivity index (χ1v) is 9.45. The molecule has 0 aromatic heterocycles. The lowest BCUT2D eigenvalue weighted by Gasteiger charge is -2.11. The molecule has 0 unspecified atom stereocenters. The lowest BCUT2D eigenvalue weighted by molar-refractivity contribution is 0.0602. The van der Waals surface area contributed by atoms with Crippen molar-refractivity contribution in [3.63, 3.8) is 0 Å². The van der Waals surface area contributed by atoms with E-state index in [4.69, 9.17) is 0 Å². The molecule has 2 aromatic rings. The first kappa shape index (κ1) is 19.6. The fourth-order valence-electron chi connectivity index (χ4n) is 2.20. The van der Waals surface area contributed by atoms with Gasteiger partial charge in [0.2, 0.25) is 10.0 Å². The minimum absolute atomic E-state index is 0.000136. The number of rotatable bonds is 7. The molecule has 0 saturated heterocycles. The maximum Gasteiger partial charge on any atom is 0.339 e. The highest BCUT2D eigenvalue weighted by Crippen LogP contribution is 2.18. The van der Waals surface area contributed by atoms with Crippen LogP contribution < -0.4 is 10.0 Å². The van der Waals surface area contributed by atoms with E-state index in [0.717, 1.165) is 0 Å². The fourth-order valence-corrected chi connectivity index (χ4v) is 3.38. The van der Waals surface area contributed by atoms with Crippen LogP contribution in [0, 0.1) is 0 Å². The average Bonchev–Trinajstić information content (AvgIpc) is 2.66. The Bertz CT molecular complexity index is 909. The standard InChI is InChI=1S/C18H20N2O5S/c1-3-11-19-26(23,24)14-8-6-7-13(12-14)17(21)20-16-10-5-4-9-15(16)18(22)25-2/h4-10,12,19H,3,11H2,1-2H3,(H,20,21). The second-order valence-electron chi connectivity index (χ2n) is 5.42. The van der Waals surface area contributed by atoms with E-state index in [1.54, 1.807) is 18.2 Å². The highest BCUT2D eigenvalue weighted by atomic mass is 32.2. The van der Waals surface area contributed by atoms with Crippen molar-refractivity contribution in [3.8, 4) is 0 Å². The third-order valence-corrected chi connectivity index (χ3v) is 4.99. The number of carbonyl (C=O) groups excluding carboxylic acids is 2. The summed E-state index contributed by atoms with van der Waals surface area (Å²) in [5.41, 5.74) is 0.641. The predicted molar refractivity (Wildman–Crippen MR) is 97.7 cm³/mol. The second-order valence-corrected chi connectivity index (χ2v) is 7.18. The third kappa shape index (κ3) is 4.68. The zero-order valence-corrected chi connectivity index (χ0v) is 15.3. The molecule has 1 amide bonds. The maximum absolute atomic E-state index is 12.5. The summed E-state index contributed by atoms with van der Waals surface area (Å²) in [7, 11) is -2.43. The number of benzene rings is 2. The van der Waals surface area contributed by atoms with E-state index in [0.29, 0.717) is 13.0 Å². The molecular weight excluding hydrogens is 356 g/mol. The molecule has 8 heteroatoms. The van der Waals surface area contributed by atoms with Gasteiger partial charge in [0.25, 0.3) is 5.91 Å². The Labute approximate surface area is 152 Å². The van der Waals surface area contributed by atoms with Crippen LogP contribution in [-0.4, -0.2) is 33.9 Å². The zero-order chi connectivity index (χ0) is 19.2. The lowest BCUT2D eigenvalue weighted by atomic mass is 10.1. The molecule has 0 radical (unpaired) electrons. The molecule has 0 aliphatic rings. The molecule has 2 aromatic carbocycles. The molecule has 138 valence electrons. The Morgan fingerprint density at radius 2 is 1.81 bits per heavy atom. The molecule has 0 heterocycles. The van der Waals surface area contributed by atoms with Crippen molar-refractivity contribution in [3.05, 3.63) is 59.7 Å². The van der Waals surface area contributed by atoms with Gasteiger partial charge in [-0.25, -0.2) is 17.9 Å². The second kappa shape index (κ2) is 8.59. The van der Waals surface area contributed by atoms with E-state index in [-0.39, 0.29) is 21.7 Å². The minimum Gasteiger partial charge on any atom is -0.465 e. The molecule has 0 bridgehead atoms. The van der Waals surface area contributed by atoms with E-state index in [2.05, 4.69) is 14.8 Å². The Morgan fingerprint density at radius 1 is 1.08 bits per heavy atom. The molecule has 7 nitrogen and oxygen atoms in total. The van der Waals surface area contributed by atoms with E-state index in [1.807, 2.05) is 6.92 Å². The number of sulfonamides is 1. The van der Waals surface area contributed by atoms with Gasteiger partial charge in [-0.1, -0.05) is 25.1 Å². The number of nitrogens with one attached hydrogen (secondary N) is 2. The number of hydrogen-bond acceptors (Lipinski definition) is 5. The SMILES string of the molecule is CCCNS(=O)(=O)c1cccc(C(=O)Nc2ccccc2C(=O)OC)c1. The van der Waals surface area contributed by atoms with Gasteiger partial charge in [-0.15, -0.1) is 0 Å².